The molecule has 1 heterocycles. The Hall–Kier alpha value is -1.67. The number of carboxylic acids is 1. The van der Waals surface area contributed by atoms with Gasteiger partial charge in [-0.05, 0) is 27.7 Å². The number of carbonyl (C=O) groups excluding carboxylic acids is 1. The second-order valence-electron chi connectivity index (χ2n) is 7.39. The van der Waals surface area contributed by atoms with Crippen LogP contribution in [0.15, 0.2) is 5.38 Å². The molecule has 7 nitrogen and oxygen atoms in total. The van der Waals surface area contributed by atoms with Gasteiger partial charge in [0, 0.05) is 18.3 Å². The third-order valence-corrected chi connectivity index (χ3v) is 4.56. The summed E-state index contributed by atoms with van der Waals surface area (Å²) in [6.45, 7) is 11.6. The van der Waals surface area contributed by atoms with Crippen molar-refractivity contribution in [3.05, 3.63) is 16.1 Å². The van der Waals surface area contributed by atoms with Crippen LogP contribution in [0.4, 0.5) is 4.79 Å². The Morgan fingerprint density at radius 1 is 1.36 bits per heavy atom. The number of carboxylic acid groups (broad SMARTS) is 1. The lowest BCUT2D eigenvalue weighted by atomic mass is 10.1. The maximum atomic E-state index is 12.3. The lowest BCUT2D eigenvalue weighted by Gasteiger charge is -2.30. The standard InChI is InChI=1S/C17H29N3O4S/c1-10(2)14-18-12(9-25-14)8-20(7)16(23)19-13(15(21)22)11(3)24-17(4,5)6/h9-11,13H,8H2,1-7H3,(H,19,23)(H,21,22)/t11?,13-/m0/s1. The second kappa shape index (κ2) is 8.62. The van der Waals surface area contributed by atoms with Gasteiger partial charge in [-0.2, -0.15) is 0 Å². The summed E-state index contributed by atoms with van der Waals surface area (Å²) in [5, 5.41) is 14.9. The van der Waals surface area contributed by atoms with Crippen molar-refractivity contribution in [1.82, 2.24) is 15.2 Å². The van der Waals surface area contributed by atoms with Gasteiger partial charge in [-0.25, -0.2) is 14.6 Å². The number of hydrogen-bond acceptors (Lipinski definition) is 5. The van der Waals surface area contributed by atoms with Crippen LogP contribution in [0.1, 0.15) is 58.2 Å². The molecule has 25 heavy (non-hydrogen) atoms. The summed E-state index contributed by atoms with van der Waals surface area (Å²) < 4.78 is 5.66. The molecule has 8 heteroatoms. The summed E-state index contributed by atoms with van der Waals surface area (Å²) in [6, 6.07) is -1.60. The summed E-state index contributed by atoms with van der Waals surface area (Å²) in [5.41, 5.74) is 0.287. The van der Waals surface area contributed by atoms with Gasteiger partial charge in [0.25, 0.3) is 0 Å². The van der Waals surface area contributed by atoms with Crippen molar-refractivity contribution in [2.75, 3.05) is 7.05 Å². The maximum Gasteiger partial charge on any atom is 0.328 e. The Labute approximate surface area is 153 Å². The summed E-state index contributed by atoms with van der Waals surface area (Å²) in [6.07, 6.45) is -0.665. The van der Waals surface area contributed by atoms with Gasteiger partial charge in [0.1, 0.15) is 0 Å². The third-order valence-electron chi connectivity index (χ3n) is 3.36. The topological polar surface area (TPSA) is 91.8 Å². The minimum absolute atomic E-state index is 0.315. The summed E-state index contributed by atoms with van der Waals surface area (Å²) in [5.74, 6) is -0.793. The molecule has 0 aliphatic heterocycles. The largest absolute Gasteiger partial charge is 0.480 e. The van der Waals surface area contributed by atoms with E-state index >= 15 is 0 Å². The van der Waals surface area contributed by atoms with Crippen LogP contribution in [-0.4, -0.2) is 51.8 Å². The van der Waals surface area contributed by atoms with Crippen LogP contribution in [0.2, 0.25) is 0 Å². The summed E-state index contributed by atoms with van der Waals surface area (Å²) >= 11 is 1.56. The van der Waals surface area contributed by atoms with Gasteiger partial charge in [0.05, 0.1) is 29.0 Å². The number of aromatic nitrogens is 1. The lowest BCUT2D eigenvalue weighted by Crippen LogP contribution is -2.53. The number of rotatable bonds is 7. The van der Waals surface area contributed by atoms with Gasteiger partial charge >= 0.3 is 12.0 Å². The number of carbonyl (C=O) groups is 2. The smallest absolute Gasteiger partial charge is 0.328 e. The van der Waals surface area contributed by atoms with Crippen molar-refractivity contribution in [3.8, 4) is 0 Å². The average molecular weight is 372 g/mol. The average Bonchev–Trinajstić information content (AvgIpc) is 2.90. The number of aliphatic carboxylic acids is 1. The molecular weight excluding hydrogens is 342 g/mol. The monoisotopic (exact) mass is 371 g/mol. The van der Waals surface area contributed by atoms with E-state index in [4.69, 9.17) is 4.74 Å². The Balaban J connectivity index is 2.70. The first-order valence-electron chi connectivity index (χ1n) is 8.27. The van der Waals surface area contributed by atoms with Crippen LogP contribution in [-0.2, 0) is 16.1 Å². The van der Waals surface area contributed by atoms with E-state index in [0.717, 1.165) is 10.7 Å². The van der Waals surface area contributed by atoms with Gasteiger partial charge in [-0.3, -0.25) is 0 Å². The zero-order chi connectivity index (χ0) is 19.4. The van der Waals surface area contributed by atoms with Crippen molar-refractivity contribution in [1.29, 1.82) is 0 Å². The maximum absolute atomic E-state index is 12.3. The molecule has 0 radical (unpaired) electrons. The molecule has 0 saturated heterocycles. The van der Waals surface area contributed by atoms with Gasteiger partial charge in [0.2, 0.25) is 0 Å². The number of hydrogen-bond donors (Lipinski definition) is 2. The molecule has 2 atom stereocenters. The minimum atomic E-state index is -1.13. The molecule has 2 N–H and O–H groups in total. The Morgan fingerprint density at radius 3 is 2.40 bits per heavy atom. The Kier molecular flexibility index (Phi) is 7.37. The minimum Gasteiger partial charge on any atom is -0.480 e. The number of nitrogens with one attached hydrogen (secondary N) is 1. The number of ether oxygens (including phenoxy) is 1. The molecular formula is C17H29N3O4S. The molecule has 1 aromatic heterocycles. The summed E-state index contributed by atoms with van der Waals surface area (Å²) in [4.78, 5) is 29.7. The van der Waals surface area contributed by atoms with Crippen LogP contribution in [0, 0.1) is 0 Å². The van der Waals surface area contributed by atoms with Gasteiger partial charge in [-0.15, -0.1) is 11.3 Å². The molecule has 0 fully saturated rings. The molecule has 0 aromatic carbocycles. The van der Waals surface area contributed by atoms with Crippen molar-refractivity contribution in [3.63, 3.8) is 0 Å². The van der Waals surface area contributed by atoms with E-state index in [1.807, 2.05) is 26.2 Å². The molecule has 1 aromatic rings. The number of amides is 2. The number of thiazole rings is 1. The van der Waals surface area contributed by atoms with Crippen LogP contribution in [0.3, 0.4) is 0 Å². The van der Waals surface area contributed by atoms with Crippen molar-refractivity contribution in [2.45, 2.75) is 71.8 Å². The highest BCUT2D eigenvalue weighted by Gasteiger charge is 2.31. The molecule has 1 rings (SSSR count). The highest BCUT2D eigenvalue weighted by molar-refractivity contribution is 7.09. The first kappa shape index (κ1) is 21.4. The van der Waals surface area contributed by atoms with E-state index in [0.29, 0.717) is 12.5 Å². The van der Waals surface area contributed by atoms with E-state index in [1.165, 1.54) is 4.90 Å². The SMILES string of the molecule is CC(C)c1nc(CN(C)C(=O)N[C@H](C(=O)O)C(C)OC(C)(C)C)cs1. The zero-order valence-electron chi connectivity index (χ0n) is 16.0. The third kappa shape index (κ3) is 6.99. The van der Waals surface area contributed by atoms with Crippen molar-refractivity contribution < 1.29 is 19.4 Å². The van der Waals surface area contributed by atoms with E-state index in [9.17, 15) is 14.7 Å². The van der Waals surface area contributed by atoms with Crippen LogP contribution < -0.4 is 5.32 Å². The molecule has 2 amide bonds. The number of urea groups is 1. The van der Waals surface area contributed by atoms with Gasteiger partial charge in [-0.1, -0.05) is 13.8 Å². The second-order valence-corrected chi connectivity index (χ2v) is 8.28. The highest BCUT2D eigenvalue weighted by atomic mass is 32.1. The fourth-order valence-corrected chi connectivity index (χ4v) is 3.05. The van der Waals surface area contributed by atoms with Crippen LogP contribution in [0.5, 0.6) is 0 Å². The first-order valence-corrected chi connectivity index (χ1v) is 9.15. The number of nitrogens with zero attached hydrogens (tertiary/aromatic N) is 2. The zero-order valence-corrected chi connectivity index (χ0v) is 16.8. The highest BCUT2D eigenvalue weighted by Crippen LogP contribution is 2.20. The van der Waals surface area contributed by atoms with Gasteiger partial charge in [0.15, 0.2) is 6.04 Å². The molecule has 0 aliphatic rings. The molecule has 0 bridgehead atoms. The molecule has 142 valence electrons. The normalized spacial score (nSPS) is 14.2. The van der Waals surface area contributed by atoms with E-state index in [2.05, 4.69) is 24.1 Å². The van der Waals surface area contributed by atoms with E-state index in [1.54, 1.807) is 25.3 Å². The Morgan fingerprint density at radius 2 is 1.96 bits per heavy atom. The lowest BCUT2D eigenvalue weighted by molar-refractivity contribution is -0.146. The molecule has 1 unspecified atom stereocenters. The van der Waals surface area contributed by atoms with E-state index < -0.39 is 29.7 Å². The van der Waals surface area contributed by atoms with Gasteiger partial charge < -0.3 is 20.1 Å². The fraction of sp³-hybridized carbons (Fsp3) is 0.706. The predicted octanol–water partition coefficient (Wildman–Crippen LogP) is 3.06. The fourth-order valence-electron chi connectivity index (χ4n) is 2.22. The molecule has 0 saturated carbocycles. The van der Waals surface area contributed by atoms with Crippen LogP contribution >= 0.6 is 11.3 Å². The van der Waals surface area contributed by atoms with Crippen molar-refractivity contribution in [2.24, 2.45) is 0 Å². The van der Waals surface area contributed by atoms with Crippen LogP contribution in [0.25, 0.3) is 0 Å². The predicted molar refractivity (Wildman–Crippen MR) is 97.9 cm³/mol. The molecule has 0 spiro atoms. The van der Waals surface area contributed by atoms with E-state index in [-0.39, 0.29) is 0 Å². The first-order chi connectivity index (χ1) is 11.4. The van der Waals surface area contributed by atoms with Crippen molar-refractivity contribution >= 4 is 23.3 Å². The quantitative estimate of drug-likeness (QED) is 0.768. The molecule has 0 aliphatic carbocycles. The Bertz CT molecular complexity index is 595. The summed E-state index contributed by atoms with van der Waals surface area (Å²) in [7, 11) is 1.61.